The van der Waals surface area contributed by atoms with Crippen LogP contribution in [0, 0.1) is 5.92 Å². The van der Waals surface area contributed by atoms with E-state index in [0.29, 0.717) is 5.92 Å². The summed E-state index contributed by atoms with van der Waals surface area (Å²) in [5.74, 6) is 1.50. The summed E-state index contributed by atoms with van der Waals surface area (Å²) in [6.07, 6.45) is 5.15. The molecule has 1 aromatic rings. The van der Waals surface area contributed by atoms with Crippen LogP contribution in [0.3, 0.4) is 0 Å². The number of aryl methyl sites for hydroxylation is 1. The minimum absolute atomic E-state index is 0.286. The van der Waals surface area contributed by atoms with Gasteiger partial charge in [-0.1, -0.05) is 6.92 Å². The molecule has 0 radical (unpaired) electrons. The van der Waals surface area contributed by atoms with Crippen LogP contribution in [0.1, 0.15) is 37.9 Å². The smallest absolute Gasteiger partial charge is 0.161 e. The molecule has 1 aliphatic heterocycles. The lowest BCUT2D eigenvalue weighted by Gasteiger charge is -2.22. The minimum atomic E-state index is 0.286. The van der Waals surface area contributed by atoms with Gasteiger partial charge < -0.3 is 14.8 Å². The maximum absolute atomic E-state index is 5.49. The van der Waals surface area contributed by atoms with Crippen molar-refractivity contribution in [2.45, 2.75) is 32.2 Å². The molecule has 2 unspecified atom stereocenters. The van der Waals surface area contributed by atoms with Crippen LogP contribution < -0.4 is 10.1 Å². The van der Waals surface area contributed by atoms with E-state index >= 15 is 0 Å². The van der Waals surface area contributed by atoms with Crippen LogP contribution in [0.25, 0.3) is 0 Å². The number of hydrogen-bond acceptors (Lipinski definition) is 4. The molecule has 1 N–H and O–H groups in total. The highest BCUT2D eigenvalue weighted by Gasteiger charge is 2.26. The van der Waals surface area contributed by atoms with Gasteiger partial charge in [0, 0.05) is 20.3 Å². The largest absolute Gasteiger partial charge is 0.493 e. The molecule has 1 aromatic heterocycles. The Morgan fingerprint density at radius 2 is 2.47 bits per heavy atom. The predicted octanol–water partition coefficient (Wildman–Crippen LogP) is 1.90. The van der Waals surface area contributed by atoms with E-state index in [-0.39, 0.29) is 6.04 Å². The SMILES string of the molecule is CCCNC(CC1CCOC1)c1c(OC)cnn1C. The molecule has 5 heteroatoms. The first-order chi connectivity index (χ1) is 9.26. The van der Waals surface area contributed by atoms with Gasteiger partial charge in [-0.3, -0.25) is 4.68 Å². The van der Waals surface area contributed by atoms with Gasteiger partial charge in [0.2, 0.25) is 0 Å². The molecule has 1 saturated heterocycles. The molecule has 0 spiro atoms. The lowest BCUT2D eigenvalue weighted by Crippen LogP contribution is -2.27. The van der Waals surface area contributed by atoms with E-state index < -0.39 is 0 Å². The van der Waals surface area contributed by atoms with E-state index in [1.54, 1.807) is 13.3 Å². The molecule has 2 atom stereocenters. The summed E-state index contributed by atoms with van der Waals surface area (Å²) in [5.41, 5.74) is 1.14. The Labute approximate surface area is 115 Å². The third kappa shape index (κ3) is 3.48. The summed E-state index contributed by atoms with van der Waals surface area (Å²) >= 11 is 0. The molecule has 19 heavy (non-hydrogen) atoms. The molecular formula is C14H25N3O2. The fourth-order valence-electron chi connectivity index (χ4n) is 2.69. The first-order valence-electron chi connectivity index (χ1n) is 7.13. The lowest BCUT2D eigenvalue weighted by molar-refractivity contribution is 0.181. The van der Waals surface area contributed by atoms with Crippen molar-refractivity contribution in [3.63, 3.8) is 0 Å². The summed E-state index contributed by atoms with van der Waals surface area (Å²) in [7, 11) is 3.68. The summed E-state index contributed by atoms with van der Waals surface area (Å²) < 4.78 is 12.8. The fraction of sp³-hybridized carbons (Fsp3) is 0.786. The third-order valence-electron chi connectivity index (χ3n) is 3.73. The average Bonchev–Trinajstić information content (AvgIpc) is 3.04. The standard InChI is InChI=1S/C14H25N3O2/c1-4-6-15-12(8-11-5-7-19-10-11)14-13(18-3)9-16-17(14)2/h9,11-12,15H,4-8,10H2,1-3H3. The molecule has 0 aliphatic carbocycles. The molecule has 2 rings (SSSR count). The zero-order valence-electron chi connectivity index (χ0n) is 12.2. The average molecular weight is 267 g/mol. The number of hydrogen-bond donors (Lipinski definition) is 1. The number of nitrogens with zero attached hydrogens (tertiary/aromatic N) is 2. The van der Waals surface area contributed by atoms with Gasteiger partial charge in [-0.2, -0.15) is 5.10 Å². The van der Waals surface area contributed by atoms with Gasteiger partial charge in [0.1, 0.15) is 0 Å². The third-order valence-corrected chi connectivity index (χ3v) is 3.73. The van der Waals surface area contributed by atoms with Gasteiger partial charge in [-0.25, -0.2) is 0 Å². The molecule has 1 fully saturated rings. The second-order valence-electron chi connectivity index (χ2n) is 5.19. The van der Waals surface area contributed by atoms with Gasteiger partial charge in [0.25, 0.3) is 0 Å². The zero-order chi connectivity index (χ0) is 13.7. The van der Waals surface area contributed by atoms with E-state index in [9.17, 15) is 0 Å². The van der Waals surface area contributed by atoms with Crippen molar-refractivity contribution in [3.8, 4) is 5.75 Å². The van der Waals surface area contributed by atoms with E-state index in [0.717, 1.165) is 50.5 Å². The zero-order valence-corrected chi connectivity index (χ0v) is 12.2. The molecule has 0 amide bonds. The Kier molecular flexibility index (Phi) is 5.22. The molecule has 108 valence electrons. The number of rotatable bonds is 7. The van der Waals surface area contributed by atoms with Gasteiger partial charge in [-0.15, -0.1) is 0 Å². The predicted molar refractivity (Wildman–Crippen MR) is 74.3 cm³/mol. The van der Waals surface area contributed by atoms with Crippen molar-refractivity contribution < 1.29 is 9.47 Å². The van der Waals surface area contributed by atoms with Crippen LogP contribution in [0.5, 0.6) is 5.75 Å². The fourth-order valence-corrected chi connectivity index (χ4v) is 2.69. The second kappa shape index (κ2) is 6.91. The van der Waals surface area contributed by atoms with Crippen LogP contribution in [-0.4, -0.2) is 36.6 Å². The monoisotopic (exact) mass is 267 g/mol. The first kappa shape index (κ1) is 14.3. The Morgan fingerprint density at radius 1 is 1.63 bits per heavy atom. The summed E-state index contributed by atoms with van der Waals surface area (Å²) in [5, 5.41) is 7.93. The summed E-state index contributed by atoms with van der Waals surface area (Å²) in [4.78, 5) is 0. The van der Waals surface area contributed by atoms with Crippen molar-refractivity contribution in [2.75, 3.05) is 26.9 Å². The van der Waals surface area contributed by atoms with Crippen molar-refractivity contribution in [1.29, 1.82) is 0 Å². The minimum Gasteiger partial charge on any atom is -0.493 e. The van der Waals surface area contributed by atoms with Gasteiger partial charge in [-0.05, 0) is 31.7 Å². The topological polar surface area (TPSA) is 48.3 Å². The first-order valence-corrected chi connectivity index (χ1v) is 7.13. The van der Waals surface area contributed by atoms with Crippen molar-refractivity contribution in [3.05, 3.63) is 11.9 Å². The Bertz CT molecular complexity index is 386. The second-order valence-corrected chi connectivity index (χ2v) is 5.19. The number of ether oxygens (including phenoxy) is 2. The summed E-state index contributed by atoms with van der Waals surface area (Å²) in [6.45, 7) is 4.97. The van der Waals surface area contributed by atoms with Crippen LogP contribution in [0.15, 0.2) is 6.20 Å². The molecule has 2 heterocycles. The number of nitrogens with one attached hydrogen (secondary N) is 1. The Morgan fingerprint density at radius 3 is 3.11 bits per heavy atom. The van der Waals surface area contributed by atoms with Crippen molar-refractivity contribution >= 4 is 0 Å². The van der Waals surface area contributed by atoms with Crippen LogP contribution in [-0.2, 0) is 11.8 Å². The Hall–Kier alpha value is -1.07. The van der Waals surface area contributed by atoms with Crippen LogP contribution in [0.2, 0.25) is 0 Å². The Balaban J connectivity index is 2.12. The van der Waals surface area contributed by atoms with E-state index in [4.69, 9.17) is 9.47 Å². The molecule has 0 saturated carbocycles. The van der Waals surface area contributed by atoms with Crippen LogP contribution >= 0.6 is 0 Å². The van der Waals surface area contributed by atoms with Crippen molar-refractivity contribution in [2.24, 2.45) is 13.0 Å². The lowest BCUT2D eigenvalue weighted by atomic mass is 9.96. The molecule has 0 bridgehead atoms. The van der Waals surface area contributed by atoms with E-state index in [1.807, 2.05) is 11.7 Å². The van der Waals surface area contributed by atoms with E-state index in [1.165, 1.54) is 0 Å². The molecule has 5 nitrogen and oxygen atoms in total. The van der Waals surface area contributed by atoms with E-state index in [2.05, 4.69) is 17.3 Å². The molecule has 1 aliphatic rings. The normalized spacial score (nSPS) is 20.7. The van der Waals surface area contributed by atoms with Gasteiger partial charge >= 0.3 is 0 Å². The highest BCUT2D eigenvalue weighted by molar-refractivity contribution is 5.28. The number of methoxy groups -OCH3 is 1. The number of aromatic nitrogens is 2. The van der Waals surface area contributed by atoms with Crippen LogP contribution in [0.4, 0.5) is 0 Å². The van der Waals surface area contributed by atoms with Gasteiger partial charge in [0.05, 0.1) is 25.0 Å². The maximum Gasteiger partial charge on any atom is 0.161 e. The van der Waals surface area contributed by atoms with Gasteiger partial charge in [0.15, 0.2) is 5.75 Å². The molecular weight excluding hydrogens is 242 g/mol. The highest BCUT2D eigenvalue weighted by Crippen LogP contribution is 2.31. The summed E-state index contributed by atoms with van der Waals surface area (Å²) in [6, 6.07) is 0.286. The highest BCUT2D eigenvalue weighted by atomic mass is 16.5. The maximum atomic E-state index is 5.49. The quantitative estimate of drug-likeness (QED) is 0.819. The van der Waals surface area contributed by atoms with Crippen molar-refractivity contribution in [1.82, 2.24) is 15.1 Å². The molecule has 0 aromatic carbocycles.